The Balaban J connectivity index is 2.73. The summed E-state index contributed by atoms with van der Waals surface area (Å²) in [4.78, 5) is 26.6. The van der Waals surface area contributed by atoms with E-state index in [9.17, 15) is 20.0 Å². The van der Waals surface area contributed by atoms with E-state index < -0.39 is 22.2 Å². The van der Waals surface area contributed by atoms with E-state index in [-0.39, 0.29) is 5.82 Å². The summed E-state index contributed by atoms with van der Waals surface area (Å²) in [5, 5.41) is 21.9. The second-order valence-electron chi connectivity index (χ2n) is 3.58. The number of hydrogen-bond donors (Lipinski definition) is 1. The molecule has 0 aromatic carbocycles. The Morgan fingerprint density at radius 2 is 2.00 bits per heavy atom. The molecule has 0 spiro atoms. The van der Waals surface area contributed by atoms with Crippen LogP contribution in [0.2, 0.25) is 0 Å². The third-order valence-corrected chi connectivity index (χ3v) is 2.28. The Morgan fingerprint density at radius 3 is 2.56 bits per heavy atom. The Morgan fingerprint density at radius 1 is 1.39 bits per heavy atom. The third kappa shape index (κ3) is 2.03. The number of hydrogen-bond acceptors (Lipinski definition) is 5. The van der Waals surface area contributed by atoms with Crippen LogP contribution in [0.4, 0.5) is 5.69 Å². The van der Waals surface area contributed by atoms with Gasteiger partial charge >= 0.3 is 17.1 Å². The van der Waals surface area contributed by atoms with Gasteiger partial charge < -0.3 is 5.11 Å². The van der Waals surface area contributed by atoms with Crippen LogP contribution in [0.15, 0.2) is 29.3 Å². The molecule has 8 nitrogen and oxygen atoms in total. The number of H-pyrrole nitrogens is 1. The Kier molecular flexibility index (Phi) is 2.76. The summed E-state index contributed by atoms with van der Waals surface area (Å²) in [6.45, 7) is 1.84. The smallest absolute Gasteiger partial charge is 0.426 e. The maximum absolute atomic E-state index is 11.4. The van der Waals surface area contributed by atoms with Crippen molar-refractivity contribution < 1.29 is 14.6 Å². The first-order chi connectivity index (χ1) is 8.49. The first-order valence-electron chi connectivity index (χ1n) is 4.93. The molecule has 0 radical (unpaired) electrons. The van der Waals surface area contributed by atoms with E-state index in [1.807, 2.05) is 6.92 Å². The van der Waals surface area contributed by atoms with Crippen molar-refractivity contribution in [2.45, 2.75) is 6.92 Å². The van der Waals surface area contributed by atoms with Gasteiger partial charge in [-0.25, -0.2) is 0 Å². The third-order valence-electron chi connectivity index (χ3n) is 2.28. The molecule has 8 heteroatoms. The van der Waals surface area contributed by atoms with E-state index in [1.54, 1.807) is 17.1 Å². The summed E-state index contributed by atoms with van der Waals surface area (Å²) in [7, 11) is 0. The number of aryl methyl sites for hydroxylation is 1. The van der Waals surface area contributed by atoms with Crippen molar-refractivity contribution in [1.82, 2.24) is 9.97 Å². The van der Waals surface area contributed by atoms with Crippen LogP contribution in [0.1, 0.15) is 5.56 Å². The summed E-state index contributed by atoms with van der Waals surface area (Å²) < 4.78 is 1.25. The summed E-state index contributed by atoms with van der Waals surface area (Å²) in [6.07, 6.45) is 2.98. The van der Waals surface area contributed by atoms with Crippen LogP contribution < -0.4 is 15.2 Å². The second-order valence-corrected chi connectivity index (χ2v) is 3.58. The molecule has 0 fully saturated rings. The highest BCUT2D eigenvalue weighted by atomic mass is 16.6. The van der Waals surface area contributed by atoms with Gasteiger partial charge in [-0.15, -0.1) is 0 Å². The zero-order chi connectivity index (χ0) is 13.3. The highest BCUT2D eigenvalue weighted by Gasteiger charge is 2.29. The Hall–Kier alpha value is -2.77. The lowest BCUT2D eigenvalue weighted by molar-refractivity contribution is -0.605. The Labute approximate surface area is 100 Å². The predicted molar refractivity (Wildman–Crippen MR) is 57.2 cm³/mol. The van der Waals surface area contributed by atoms with Gasteiger partial charge in [-0.05, 0) is 29.6 Å². The van der Waals surface area contributed by atoms with Crippen LogP contribution in [-0.4, -0.2) is 14.9 Å². The second kappa shape index (κ2) is 4.24. The number of nitro groups is 1. The van der Waals surface area contributed by atoms with Crippen molar-refractivity contribution in [3.8, 4) is 11.8 Å². The minimum Gasteiger partial charge on any atom is -0.826 e. The van der Waals surface area contributed by atoms with Crippen LogP contribution in [0.5, 0.6) is 6.01 Å². The average Bonchev–Trinajstić information content (AvgIpc) is 2.28. The van der Waals surface area contributed by atoms with Gasteiger partial charge in [-0.2, -0.15) is 4.57 Å². The molecule has 2 rings (SSSR count). The van der Waals surface area contributed by atoms with E-state index in [0.717, 1.165) is 5.56 Å². The maximum Gasteiger partial charge on any atom is 0.426 e. The topological polar surface area (TPSA) is 116 Å². The molecule has 92 valence electrons. The molecule has 0 bridgehead atoms. The molecule has 0 unspecified atom stereocenters. The number of nitrogens with one attached hydrogen (secondary N) is 1. The van der Waals surface area contributed by atoms with Crippen molar-refractivity contribution in [1.29, 1.82) is 0 Å². The summed E-state index contributed by atoms with van der Waals surface area (Å²) >= 11 is 0. The van der Waals surface area contributed by atoms with E-state index >= 15 is 0 Å². The molecule has 0 aliphatic rings. The molecular formula is C10H8N4O4. The zero-order valence-electron chi connectivity index (χ0n) is 9.28. The summed E-state index contributed by atoms with van der Waals surface area (Å²) in [6, 6.07) is 2.43. The maximum atomic E-state index is 11.4. The van der Waals surface area contributed by atoms with Crippen molar-refractivity contribution in [3.05, 3.63) is 50.6 Å². The van der Waals surface area contributed by atoms with Crippen LogP contribution >= 0.6 is 0 Å². The van der Waals surface area contributed by atoms with Crippen LogP contribution in [0, 0.1) is 17.0 Å². The Bertz CT molecular complexity index is 663. The molecule has 2 heterocycles. The van der Waals surface area contributed by atoms with Gasteiger partial charge in [0.2, 0.25) is 0 Å². The van der Waals surface area contributed by atoms with Gasteiger partial charge in [-0.1, -0.05) is 0 Å². The quantitative estimate of drug-likeness (QED) is 0.430. The number of aromatic nitrogens is 3. The predicted octanol–water partition coefficient (Wildman–Crippen LogP) is -0.663. The summed E-state index contributed by atoms with van der Waals surface area (Å²) in [5.74, 6) is -0.297. The molecule has 0 saturated heterocycles. The number of rotatable bonds is 2. The van der Waals surface area contributed by atoms with E-state index in [0.29, 0.717) is 0 Å². The van der Waals surface area contributed by atoms with Crippen molar-refractivity contribution in [2.24, 2.45) is 0 Å². The highest BCUT2D eigenvalue weighted by Crippen LogP contribution is 2.10. The van der Waals surface area contributed by atoms with Crippen molar-refractivity contribution in [2.75, 3.05) is 0 Å². The molecule has 18 heavy (non-hydrogen) atoms. The molecule has 2 aromatic rings. The molecular weight excluding hydrogens is 240 g/mol. The first kappa shape index (κ1) is 11.7. The lowest BCUT2D eigenvalue weighted by Gasteiger charge is -2.00. The molecule has 1 N–H and O–H groups in total. The fourth-order valence-electron chi connectivity index (χ4n) is 1.42. The van der Waals surface area contributed by atoms with Crippen molar-refractivity contribution >= 4 is 5.69 Å². The van der Waals surface area contributed by atoms with Crippen LogP contribution in [0.3, 0.4) is 0 Å². The molecule has 0 amide bonds. The van der Waals surface area contributed by atoms with Gasteiger partial charge in [-0.3, -0.25) is 19.9 Å². The van der Waals surface area contributed by atoms with Gasteiger partial charge in [0.25, 0.3) is 0 Å². The first-order valence-corrected chi connectivity index (χ1v) is 4.93. The standard InChI is InChI=1S/C10H8N4O4/c1-6-2-4-13(5-3-6)8-7(14(17)18)9(15)12-10(16)11-8/h2-5H,1H3,(H-,11,12,15,16). The van der Waals surface area contributed by atoms with E-state index in [2.05, 4.69) is 4.98 Å². The largest absolute Gasteiger partial charge is 0.826 e. The molecule has 0 saturated carbocycles. The van der Waals surface area contributed by atoms with Gasteiger partial charge in [0.05, 0.1) is 17.3 Å². The SMILES string of the molecule is Cc1cc[n+](-c2nc([O-])[nH]c(=O)c2[N+](=O)[O-])cc1. The minimum absolute atomic E-state index is 0.297. The van der Waals surface area contributed by atoms with E-state index in [1.165, 1.54) is 17.0 Å². The fourth-order valence-corrected chi connectivity index (χ4v) is 1.42. The van der Waals surface area contributed by atoms with Crippen LogP contribution in [0.25, 0.3) is 5.82 Å². The number of aromatic amines is 1. The molecule has 2 aromatic heterocycles. The fraction of sp³-hybridized carbons (Fsp3) is 0.100. The van der Waals surface area contributed by atoms with Crippen LogP contribution in [-0.2, 0) is 0 Å². The van der Waals surface area contributed by atoms with Gasteiger partial charge in [0.15, 0.2) is 6.01 Å². The zero-order valence-corrected chi connectivity index (χ0v) is 9.28. The lowest BCUT2D eigenvalue weighted by atomic mass is 10.3. The molecule has 0 aliphatic carbocycles. The van der Waals surface area contributed by atoms with E-state index in [4.69, 9.17) is 0 Å². The minimum atomic E-state index is -1.07. The van der Waals surface area contributed by atoms with Gasteiger partial charge in [0.1, 0.15) is 0 Å². The molecule has 0 atom stereocenters. The number of pyridine rings is 1. The normalized spacial score (nSPS) is 10.3. The average molecular weight is 248 g/mol. The van der Waals surface area contributed by atoms with Crippen molar-refractivity contribution in [3.63, 3.8) is 0 Å². The lowest BCUT2D eigenvalue weighted by Crippen LogP contribution is -2.35. The molecule has 0 aliphatic heterocycles. The van der Waals surface area contributed by atoms with Gasteiger partial charge in [0, 0.05) is 0 Å². The summed E-state index contributed by atoms with van der Waals surface area (Å²) in [5.41, 5.74) is -0.896. The highest BCUT2D eigenvalue weighted by molar-refractivity contribution is 5.39. The number of nitrogens with zero attached hydrogens (tertiary/aromatic N) is 3. The monoisotopic (exact) mass is 248 g/mol.